The Balaban J connectivity index is 1.89. The first-order valence-corrected chi connectivity index (χ1v) is 13.1. The van der Waals surface area contributed by atoms with Crippen LogP contribution in [0.25, 0.3) is 0 Å². The average Bonchev–Trinajstić information content (AvgIpc) is 3.20. The van der Waals surface area contributed by atoms with Crippen LogP contribution in [0, 0.1) is 5.92 Å². The summed E-state index contributed by atoms with van der Waals surface area (Å²) in [4.78, 5) is 47.3. The fraction of sp³-hybridized carbons (Fsp3) is 0.517. The van der Waals surface area contributed by atoms with Gasteiger partial charge < -0.3 is 43.9 Å². The molecule has 3 unspecified atom stereocenters. The van der Waals surface area contributed by atoms with Gasteiger partial charge in [-0.05, 0) is 49.7 Å². The summed E-state index contributed by atoms with van der Waals surface area (Å²) in [6.45, 7) is 4.89. The Kier molecular flexibility index (Phi) is 11.6. The number of aliphatic hydroxyl groups excluding tert-OH is 1. The summed E-state index contributed by atoms with van der Waals surface area (Å²) in [5.41, 5.74) is 0.792. The van der Waals surface area contributed by atoms with E-state index in [0.717, 1.165) is 12.5 Å². The van der Waals surface area contributed by atoms with Crippen molar-refractivity contribution >= 4 is 23.7 Å². The molecule has 11 heteroatoms. The summed E-state index contributed by atoms with van der Waals surface area (Å²) in [6.07, 6.45) is -3.83. The molecular formula is C29H34O11-2. The number of carbonyl (C=O) groups is 4. The van der Waals surface area contributed by atoms with Gasteiger partial charge in [-0.1, -0.05) is 42.5 Å². The van der Waals surface area contributed by atoms with Gasteiger partial charge in [-0.3, -0.25) is 9.59 Å². The van der Waals surface area contributed by atoms with E-state index in [-0.39, 0.29) is 25.9 Å². The molecule has 2 aliphatic heterocycles. The van der Waals surface area contributed by atoms with E-state index >= 15 is 0 Å². The van der Waals surface area contributed by atoms with Crippen LogP contribution in [-0.4, -0.2) is 71.5 Å². The van der Waals surface area contributed by atoms with Gasteiger partial charge in [-0.15, -0.1) is 6.58 Å². The Morgan fingerprint density at radius 1 is 1.15 bits per heavy atom. The zero-order valence-electron chi connectivity index (χ0n) is 22.2. The number of esters is 1. The minimum atomic E-state index is -1.41. The third-order valence-corrected chi connectivity index (χ3v) is 6.83. The number of aliphatic hydroxyl groups is 1. The number of carboxylic acid groups (broad SMARTS) is 2. The van der Waals surface area contributed by atoms with Crippen LogP contribution >= 0.6 is 0 Å². The number of carboxylic acids is 2. The van der Waals surface area contributed by atoms with Gasteiger partial charge in [0, 0.05) is 18.9 Å². The number of aliphatic carboxylic acids is 2. The fourth-order valence-electron chi connectivity index (χ4n) is 5.02. The summed E-state index contributed by atoms with van der Waals surface area (Å²) < 4.78 is 23.6. The molecule has 218 valence electrons. The van der Waals surface area contributed by atoms with E-state index < -0.39 is 78.8 Å². The molecule has 1 saturated heterocycles. The second kappa shape index (κ2) is 14.8. The van der Waals surface area contributed by atoms with Gasteiger partial charge in [-0.25, -0.2) is 0 Å². The predicted octanol–water partition coefficient (Wildman–Crippen LogP) is -0.223. The highest BCUT2D eigenvalue weighted by atomic mass is 16.6. The zero-order valence-corrected chi connectivity index (χ0v) is 22.2. The molecule has 0 bridgehead atoms. The molecule has 1 aromatic rings. The first-order valence-electron chi connectivity index (χ1n) is 13.1. The van der Waals surface area contributed by atoms with Crippen molar-refractivity contribution in [2.24, 2.45) is 5.92 Å². The molecule has 40 heavy (non-hydrogen) atoms. The monoisotopic (exact) mass is 558 g/mol. The van der Waals surface area contributed by atoms with Crippen LogP contribution in [0.4, 0.5) is 0 Å². The zero-order chi connectivity index (χ0) is 29.2. The Hall–Kier alpha value is -3.38. The molecule has 0 aromatic heterocycles. The van der Waals surface area contributed by atoms with Crippen molar-refractivity contribution in [3.63, 3.8) is 0 Å². The lowest BCUT2D eigenvalue weighted by atomic mass is 9.90. The van der Waals surface area contributed by atoms with Crippen molar-refractivity contribution in [3.8, 4) is 0 Å². The molecule has 0 aliphatic carbocycles. The van der Waals surface area contributed by atoms with Gasteiger partial charge >= 0.3 is 5.97 Å². The first kappa shape index (κ1) is 31.2. The number of carbonyl (C=O) groups excluding carboxylic acids is 4. The molecule has 0 radical (unpaired) electrons. The maximum Gasteiger partial charge on any atom is 0.303 e. The van der Waals surface area contributed by atoms with E-state index in [2.05, 4.69) is 6.58 Å². The SMILES string of the molecule is C=CCC1C=CC(=O)[C@@H]([C@H](OC(C)=O)[C@H]2O[C@H](CC(CCC(=O)[O-])CC(=O)[O-])[C@@H](OCc3ccccc3)C2O)O1. The highest BCUT2D eigenvalue weighted by molar-refractivity contribution is 5.95. The van der Waals surface area contributed by atoms with E-state index in [1.165, 1.54) is 6.08 Å². The summed E-state index contributed by atoms with van der Waals surface area (Å²) in [5, 5.41) is 33.8. The molecule has 2 heterocycles. The summed E-state index contributed by atoms with van der Waals surface area (Å²) >= 11 is 0. The Morgan fingerprint density at radius 2 is 1.88 bits per heavy atom. The number of benzene rings is 1. The van der Waals surface area contributed by atoms with Gasteiger partial charge in [0.2, 0.25) is 0 Å². The smallest absolute Gasteiger partial charge is 0.303 e. The lowest BCUT2D eigenvalue weighted by molar-refractivity contribution is -0.309. The molecule has 11 nitrogen and oxygen atoms in total. The highest BCUT2D eigenvalue weighted by Crippen LogP contribution is 2.35. The minimum absolute atomic E-state index is 0.0144. The molecule has 0 amide bonds. The van der Waals surface area contributed by atoms with E-state index in [0.29, 0.717) is 6.42 Å². The van der Waals surface area contributed by atoms with Gasteiger partial charge in [0.15, 0.2) is 18.0 Å². The van der Waals surface area contributed by atoms with Crippen molar-refractivity contribution < 1.29 is 53.4 Å². The molecule has 1 N–H and O–H groups in total. The number of rotatable bonds is 15. The van der Waals surface area contributed by atoms with Gasteiger partial charge in [0.1, 0.15) is 18.3 Å². The van der Waals surface area contributed by atoms with Crippen molar-refractivity contribution in [1.29, 1.82) is 0 Å². The van der Waals surface area contributed by atoms with Crippen molar-refractivity contribution in [2.45, 2.75) is 88.4 Å². The van der Waals surface area contributed by atoms with Crippen LogP contribution in [-0.2, 0) is 44.7 Å². The molecule has 1 aromatic carbocycles. The Labute approximate surface area is 232 Å². The molecule has 3 rings (SSSR count). The maximum absolute atomic E-state index is 12.8. The van der Waals surface area contributed by atoms with Crippen LogP contribution in [0.1, 0.15) is 44.6 Å². The summed E-state index contributed by atoms with van der Waals surface area (Å²) in [6, 6.07) is 9.08. The molecule has 2 aliphatic rings. The number of hydrogen-bond donors (Lipinski definition) is 1. The summed E-state index contributed by atoms with van der Waals surface area (Å²) in [5.74, 6) is -4.64. The van der Waals surface area contributed by atoms with Crippen LogP contribution in [0.2, 0.25) is 0 Å². The van der Waals surface area contributed by atoms with E-state index in [1.807, 2.05) is 30.3 Å². The third kappa shape index (κ3) is 8.82. The second-order valence-electron chi connectivity index (χ2n) is 9.93. The highest BCUT2D eigenvalue weighted by Gasteiger charge is 2.53. The fourth-order valence-corrected chi connectivity index (χ4v) is 5.02. The molecule has 1 fully saturated rings. The molecule has 0 spiro atoms. The number of ether oxygens (including phenoxy) is 4. The van der Waals surface area contributed by atoms with E-state index in [1.54, 1.807) is 12.2 Å². The van der Waals surface area contributed by atoms with Crippen LogP contribution in [0.5, 0.6) is 0 Å². The van der Waals surface area contributed by atoms with Gasteiger partial charge in [-0.2, -0.15) is 0 Å². The minimum Gasteiger partial charge on any atom is -0.550 e. The largest absolute Gasteiger partial charge is 0.550 e. The quantitative estimate of drug-likeness (QED) is 0.223. The van der Waals surface area contributed by atoms with Gasteiger partial charge in [0.25, 0.3) is 0 Å². The molecule has 8 atom stereocenters. The predicted molar refractivity (Wildman–Crippen MR) is 135 cm³/mol. The topological polar surface area (TPSA) is 172 Å². The lowest BCUT2D eigenvalue weighted by Crippen LogP contribution is -2.52. The standard InChI is InChI=1S/C29H36O11/c1-3-7-20-11-12-21(31)26(39-20)29(38-17(2)30)28-25(36)27(37-16-18-8-5-4-6-9-18)22(40-28)14-19(15-24(34)35)10-13-23(32)33/h3-6,8-9,11-12,19-20,22,25-29,36H,1,7,10,13-16H2,2H3,(H,32,33)(H,34,35)/p-2/t19?,20?,22-,25?,26+,27-,28+,29+/m1/s1. The van der Waals surface area contributed by atoms with Crippen molar-refractivity contribution in [2.75, 3.05) is 0 Å². The normalized spacial score (nSPS) is 27.6. The summed E-state index contributed by atoms with van der Waals surface area (Å²) in [7, 11) is 0. The number of ketones is 1. The van der Waals surface area contributed by atoms with Crippen molar-refractivity contribution in [1.82, 2.24) is 0 Å². The van der Waals surface area contributed by atoms with E-state index in [4.69, 9.17) is 18.9 Å². The molecular weight excluding hydrogens is 524 g/mol. The molecule has 0 saturated carbocycles. The van der Waals surface area contributed by atoms with Gasteiger partial charge in [0.05, 0.1) is 18.8 Å². The Morgan fingerprint density at radius 3 is 2.50 bits per heavy atom. The second-order valence-corrected chi connectivity index (χ2v) is 9.93. The average molecular weight is 559 g/mol. The van der Waals surface area contributed by atoms with Crippen LogP contribution < -0.4 is 10.2 Å². The van der Waals surface area contributed by atoms with Crippen LogP contribution in [0.3, 0.4) is 0 Å². The number of hydrogen-bond acceptors (Lipinski definition) is 11. The van der Waals surface area contributed by atoms with Crippen molar-refractivity contribution in [3.05, 3.63) is 60.7 Å². The Bertz CT molecular complexity index is 1070. The maximum atomic E-state index is 12.8. The lowest BCUT2D eigenvalue weighted by Gasteiger charge is -2.34. The first-order chi connectivity index (χ1) is 19.1. The van der Waals surface area contributed by atoms with Crippen LogP contribution in [0.15, 0.2) is 55.1 Å². The van der Waals surface area contributed by atoms with E-state index in [9.17, 15) is 34.5 Å². The third-order valence-electron chi connectivity index (χ3n) is 6.83.